The zero-order chi connectivity index (χ0) is 19.4. The molecule has 0 spiro atoms. The molecule has 0 atom stereocenters. The highest BCUT2D eigenvalue weighted by atomic mass is 19.2. The van der Waals surface area contributed by atoms with Crippen LogP contribution in [0.25, 0.3) is 0 Å². The largest absolute Gasteiger partial charge is 0.454 e. The first-order valence-electron chi connectivity index (χ1n) is 7.28. The molecule has 2 rings (SSSR count). The van der Waals surface area contributed by atoms with Gasteiger partial charge < -0.3 is 10.1 Å². The Labute approximate surface area is 145 Å². The number of carbonyl (C=O) groups is 2. The van der Waals surface area contributed by atoms with Crippen LogP contribution in [0.1, 0.15) is 11.4 Å². The van der Waals surface area contributed by atoms with Crippen molar-refractivity contribution in [2.24, 2.45) is 0 Å². The lowest BCUT2D eigenvalue weighted by Gasteiger charge is -2.07. The second kappa shape index (κ2) is 7.68. The van der Waals surface area contributed by atoms with Crippen LogP contribution in [0.5, 0.6) is 0 Å². The average molecular weight is 368 g/mol. The minimum atomic E-state index is -1.13. The SMILES string of the molecule is Cc1nn(CC(=O)OCC(=O)Nc2ccc(F)c(F)c2)c(C)c1[N+](=O)[O-]. The van der Waals surface area contributed by atoms with E-state index in [0.717, 1.165) is 22.9 Å². The molecule has 0 bridgehead atoms. The van der Waals surface area contributed by atoms with E-state index in [0.29, 0.717) is 0 Å². The van der Waals surface area contributed by atoms with Crippen LogP contribution >= 0.6 is 0 Å². The Morgan fingerprint density at radius 2 is 2.00 bits per heavy atom. The molecule has 1 aromatic heterocycles. The number of nitrogens with zero attached hydrogens (tertiary/aromatic N) is 3. The van der Waals surface area contributed by atoms with Gasteiger partial charge in [-0.15, -0.1) is 0 Å². The maximum atomic E-state index is 13.0. The van der Waals surface area contributed by atoms with E-state index in [1.807, 2.05) is 0 Å². The van der Waals surface area contributed by atoms with Gasteiger partial charge in [0.25, 0.3) is 5.91 Å². The molecule has 0 aliphatic carbocycles. The van der Waals surface area contributed by atoms with Crippen molar-refractivity contribution in [1.29, 1.82) is 0 Å². The number of benzene rings is 1. The normalized spacial score (nSPS) is 10.5. The zero-order valence-electron chi connectivity index (χ0n) is 13.8. The van der Waals surface area contributed by atoms with E-state index in [1.54, 1.807) is 0 Å². The number of hydrogen-bond donors (Lipinski definition) is 1. The van der Waals surface area contributed by atoms with Gasteiger partial charge in [-0.2, -0.15) is 5.10 Å². The third-order valence-corrected chi connectivity index (χ3v) is 3.37. The van der Waals surface area contributed by atoms with Crippen LogP contribution in [0.2, 0.25) is 0 Å². The summed E-state index contributed by atoms with van der Waals surface area (Å²) in [5.74, 6) is -3.80. The van der Waals surface area contributed by atoms with Crippen LogP contribution in [0.4, 0.5) is 20.2 Å². The summed E-state index contributed by atoms with van der Waals surface area (Å²) in [6.45, 7) is 1.78. The molecule has 0 saturated carbocycles. The molecule has 138 valence electrons. The minimum Gasteiger partial charge on any atom is -0.454 e. The molecule has 0 fully saturated rings. The fourth-order valence-electron chi connectivity index (χ4n) is 2.19. The first kappa shape index (κ1) is 19.0. The van der Waals surface area contributed by atoms with Crippen LogP contribution < -0.4 is 5.32 Å². The lowest BCUT2D eigenvalue weighted by atomic mass is 10.3. The summed E-state index contributed by atoms with van der Waals surface area (Å²) in [6, 6.07) is 2.77. The molecule has 0 aliphatic rings. The summed E-state index contributed by atoms with van der Waals surface area (Å²) < 4.78 is 31.7. The van der Waals surface area contributed by atoms with Crippen molar-refractivity contribution in [2.45, 2.75) is 20.4 Å². The van der Waals surface area contributed by atoms with Gasteiger partial charge in [0.1, 0.15) is 17.9 Å². The van der Waals surface area contributed by atoms with E-state index >= 15 is 0 Å². The molecular weight excluding hydrogens is 354 g/mol. The van der Waals surface area contributed by atoms with Crippen LogP contribution in [0, 0.1) is 35.6 Å². The maximum absolute atomic E-state index is 13.0. The fourth-order valence-corrected chi connectivity index (χ4v) is 2.19. The van der Waals surface area contributed by atoms with Gasteiger partial charge in [0.05, 0.1) is 4.92 Å². The fraction of sp³-hybridized carbons (Fsp3) is 0.267. The number of anilines is 1. The van der Waals surface area contributed by atoms with Crippen molar-refractivity contribution in [3.05, 3.63) is 51.3 Å². The van der Waals surface area contributed by atoms with E-state index in [1.165, 1.54) is 13.8 Å². The summed E-state index contributed by atoms with van der Waals surface area (Å²) in [6.07, 6.45) is 0. The molecule has 1 aromatic carbocycles. The van der Waals surface area contributed by atoms with E-state index in [4.69, 9.17) is 4.74 Å². The molecule has 0 radical (unpaired) electrons. The van der Waals surface area contributed by atoms with Crippen LogP contribution in [-0.2, 0) is 20.9 Å². The predicted octanol–water partition coefficient (Wildman–Crippen LogP) is 1.87. The van der Waals surface area contributed by atoms with Crippen molar-refractivity contribution in [3.8, 4) is 0 Å². The Morgan fingerprint density at radius 1 is 1.31 bits per heavy atom. The van der Waals surface area contributed by atoms with Crippen molar-refractivity contribution in [2.75, 3.05) is 11.9 Å². The third-order valence-electron chi connectivity index (χ3n) is 3.37. The van der Waals surface area contributed by atoms with Gasteiger partial charge in [-0.05, 0) is 26.0 Å². The summed E-state index contributed by atoms with van der Waals surface area (Å²) in [4.78, 5) is 33.7. The van der Waals surface area contributed by atoms with Crippen molar-refractivity contribution < 1.29 is 28.0 Å². The van der Waals surface area contributed by atoms with Crippen molar-refractivity contribution in [3.63, 3.8) is 0 Å². The Kier molecular flexibility index (Phi) is 5.60. The molecule has 1 amide bonds. The molecule has 0 saturated heterocycles. The number of aryl methyl sites for hydroxylation is 1. The first-order chi connectivity index (χ1) is 12.2. The van der Waals surface area contributed by atoms with E-state index < -0.39 is 41.6 Å². The first-order valence-corrected chi connectivity index (χ1v) is 7.28. The Balaban J connectivity index is 1.90. The monoisotopic (exact) mass is 368 g/mol. The molecule has 0 aliphatic heterocycles. The number of halogens is 2. The second-order valence-corrected chi connectivity index (χ2v) is 5.27. The average Bonchev–Trinajstić information content (AvgIpc) is 2.83. The molecule has 26 heavy (non-hydrogen) atoms. The minimum absolute atomic E-state index is 0.000816. The van der Waals surface area contributed by atoms with Gasteiger partial charge >= 0.3 is 11.7 Å². The number of rotatable bonds is 6. The predicted molar refractivity (Wildman–Crippen MR) is 84.3 cm³/mol. The van der Waals surface area contributed by atoms with Crippen molar-refractivity contribution in [1.82, 2.24) is 9.78 Å². The zero-order valence-corrected chi connectivity index (χ0v) is 13.8. The highest BCUT2D eigenvalue weighted by Gasteiger charge is 2.23. The highest BCUT2D eigenvalue weighted by molar-refractivity contribution is 5.92. The standard InChI is InChI=1S/C15H14F2N4O5/c1-8-15(21(24)25)9(2)20(19-8)6-14(23)26-7-13(22)18-10-3-4-11(16)12(17)5-10/h3-5H,6-7H2,1-2H3,(H,18,22). The van der Waals surface area contributed by atoms with Crippen LogP contribution in [0.15, 0.2) is 18.2 Å². The van der Waals surface area contributed by atoms with Crippen LogP contribution in [0.3, 0.4) is 0 Å². The third kappa shape index (κ3) is 4.37. The van der Waals surface area contributed by atoms with Gasteiger partial charge in [-0.1, -0.05) is 0 Å². The van der Waals surface area contributed by atoms with E-state index in [9.17, 15) is 28.5 Å². The van der Waals surface area contributed by atoms with Gasteiger partial charge in [-0.25, -0.2) is 8.78 Å². The van der Waals surface area contributed by atoms with Gasteiger partial charge in [-0.3, -0.25) is 24.4 Å². The molecule has 2 aromatic rings. The number of nitro groups is 1. The molecule has 1 N–H and O–H groups in total. The number of amides is 1. The molecule has 1 heterocycles. The number of esters is 1. The summed E-state index contributed by atoms with van der Waals surface area (Å²) in [5.41, 5.74) is 0.125. The van der Waals surface area contributed by atoms with Crippen LogP contribution in [-0.4, -0.2) is 33.2 Å². The Bertz CT molecular complexity index is 881. The number of hydrogen-bond acceptors (Lipinski definition) is 6. The van der Waals surface area contributed by atoms with Crippen molar-refractivity contribution >= 4 is 23.3 Å². The summed E-state index contributed by atoms with van der Waals surface area (Å²) in [7, 11) is 0. The highest BCUT2D eigenvalue weighted by Crippen LogP contribution is 2.21. The smallest absolute Gasteiger partial charge is 0.328 e. The molecular formula is C15H14F2N4O5. The molecule has 0 unspecified atom stereocenters. The Morgan fingerprint density at radius 3 is 2.58 bits per heavy atom. The number of aromatic nitrogens is 2. The number of nitrogens with one attached hydrogen (secondary N) is 1. The van der Waals surface area contributed by atoms with Gasteiger partial charge in [0, 0.05) is 11.8 Å². The number of carbonyl (C=O) groups excluding carboxylic acids is 2. The number of ether oxygens (including phenoxy) is 1. The lowest BCUT2D eigenvalue weighted by molar-refractivity contribution is -0.386. The quantitative estimate of drug-likeness (QED) is 0.473. The van der Waals surface area contributed by atoms with Gasteiger partial charge in [0.2, 0.25) is 0 Å². The van der Waals surface area contributed by atoms with E-state index in [2.05, 4.69) is 10.4 Å². The summed E-state index contributed by atoms with van der Waals surface area (Å²) >= 11 is 0. The van der Waals surface area contributed by atoms with E-state index in [-0.39, 0.29) is 22.8 Å². The Hall–Kier alpha value is -3.37. The second-order valence-electron chi connectivity index (χ2n) is 5.27. The summed E-state index contributed by atoms with van der Waals surface area (Å²) in [5, 5.41) is 17.0. The lowest BCUT2D eigenvalue weighted by Crippen LogP contribution is -2.23. The maximum Gasteiger partial charge on any atom is 0.328 e. The van der Waals surface area contributed by atoms with Gasteiger partial charge in [0.15, 0.2) is 18.2 Å². The molecule has 11 heteroatoms. The topological polar surface area (TPSA) is 116 Å². The molecule has 9 nitrogen and oxygen atoms in total.